The van der Waals surface area contributed by atoms with Crippen molar-refractivity contribution >= 4 is 23.8 Å². The molecule has 0 fully saturated rings. The SMILES string of the molecule is COC(=O)c1cccc(N=Cc2cc(C)n(NC(=O)c3ccccc3)c2C)c1. The number of carbonyl (C=O) groups excluding carboxylic acids is 2. The smallest absolute Gasteiger partial charge is 0.337 e. The lowest BCUT2D eigenvalue weighted by Crippen LogP contribution is -2.24. The fraction of sp³-hybridized carbons (Fsp3) is 0.136. The van der Waals surface area contributed by atoms with E-state index in [0.29, 0.717) is 16.8 Å². The summed E-state index contributed by atoms with van der Waals surface area (Å²) in [6.07, 6.45) is 1.71. The number of aryl methyl sites for hydroxylation is 1. The van der Waals surface area contributed by atoms with Crippen molar-refractivity contribution < 1.29 is 14.3 Å². The van der Waals surface area contributed by atoms with E-state index in [9.17, 15) is 9.59 Å². The first-order valence-electron chi connectivity index (χ1n) is 8.77. The van der Waals surface area contributed by atoms with E-state index in [1.807, 2.05) is 38.1 Å². The molecular weight excluding hydrogens is 354 g/mol. The first-order valence-corrected chi connectivity index (χ1v) is 8.77. The monoisotopic (exact) mass is 375 g/mol. The summed E-state index contributed by atoms with van der Waals surface area (Å²) in [7, 11) is 1.34. The van der Waals surface area contributed by atoms with Gasteiger partial charge in [0, 0.05) is 28.7 Å². The van der Waals surface area contributed by atoms with Gasteiger partial charge in [-0.3, -0.25) is 19.9 Å². The zero-order valence-electron chi connectivity index (χ0n) is 16.0. The summed E-state index contributed by atoms with van der Waals surface area (Å²) in [4.78, 5) is 28.5. The number of hydrogen-bond donors (Lipinski definition) is 1. The van der Waals surface area contributed by atoms with Gasteiger partial charge >= 0.3 is 5.97 Å². The number of rotatable bonds is 5. The van der Waals surface area contributed by atoms with Crippen LogP contribution in [0.4, 0.5) is 5.69 Å². The van der Waals surface area contributed by atoms with Crippen LogP contribution in [-0.2, 0) is 4.74 Å². The molecule has 1 aromatic heterocycles. The van der Waals surface area contributed by atoms with Gasteiger partial charge in [0.25, 0.3) is 5.91 Å². The Kier molecular flexibility index (Phi) is 5.69. The molecule has 0 radical (unpaired) electrons. The minimum absolute atomic E-state index is 0.184. The summed E-state index contributed by atoms with van der Waals surface area (Å²) in [5.74, 6) is -0.587. The van der Waals surface area contributed by atoms with Gasteiger partial charge in [-0.15, -0.1) is 0 Å². The molecule has 3 rings (SSSR count). The lowest BCUT2D eigenvalue weighted by atomic mass is 10.2. The lowest BCUT2D eigenvalue weighted by molar-refractivity contribution is 0.0600. The van der Waals surface area contributed by atoms with E-state index in [2.05, 4.69) is 10.4 Å². The molecule has 1 N–H and O–H groups in total. The first-order chi connectivity index (χ1) is 13.5. The maximum Gasteiger partial charge on any atom is 0.337 e. The molecule has 142 valence electrons. The average Bonchev–Trinajstić information content (AvgIpc) is 3.00. The van der Waals surface area contributed by atoms with E-state index in [0.717, 1.165) is 17.0 Å². The number of ether oxygens (including phenoxy) is 1. The Morgan fingerprint density at radius 1 is 1.00 bits per heavy atom. The molecule has 0 bridgehead atoms. The third-order valence-electron chi connectivity index (χ3n) is 4.34. The van der Waals surface area contributed by atoms with E-state index in [-0.39, 0.29) is 5.91 Å². The van der Waals surface area contributed by atoms with Crippen molar-refractivity contribution in [1.29, 1.82) is 0 Å². The van der Waals surface area contributed by atoms with Gasteiger partial charge in [-0.1, -0.05) is 24.3 Å². The molecule has 2 aromatic carbocycles. The van der Waals surface area contributed by atoms with Crippen molar-refractivity contribution in [3.63, 3.8) is 0 Å². The molecule has 0 saturated carbocycles. The van der Waals surface area contributed by atoms with Gasteiger partial charge < -0.3 is 4.74 Å². The van der Waals surface area contributed by atoms with Crippen molar-refractivity contribution in [2.24, 2.45) is 4.99 Å². The Hall–Kier alpha value is -3.67. The molecule has 1 heterocycles. The second-order valence-electron chi connectivity index (χ2n) is 6.27. The second kappa shape index (κ2) is 8.35. The van der Waals surface area contributed by atoms with Gasteiger partial charge in [-0.25, -0.2) is 4.79 Å². The fourth-order valence-corrected chi connectivity index (χ4v) is 2.82. The number of nitrogens with zero attached hydrogens (tertiary/aromatic N) is 2. The quantitative estimate of drug-likeness (QED) is 0.541. The van der Waals surface area contributed by atoms with Crippen LogP contribution in [0.25, 0.3) is 0 Å². The van der Waals surface area contributed by atoms with E-state index < -0.39 is 5.97 Å². The molecule has 0 aliphatic rings. The molecule has 0 unspecified atom stereocenters. The van der Waals surface area contributed by atoms with Gasteiger partial charge in [0.15, 0.2) is 0 Å². The number of aromatic nitrogens is 1. The zero-order chi connectivity index (χ0) is 20.1. The molecule has 6 nitrogen and oxygen atoms in total. The van der Waals surface area contributed by atoms with E-state index in [1.165, 1.54) is 7.11 Å². The van der Waals surface area contributed by atoms with Crippen LogP contribution in [0.2, 0.25) is 0 Å². The number of nitrogens with one attached hydrogen (secondary N) is 1. The average molecular weight is 375 g/mol. The normalized spacial score (nSPS) is 10.8. The highest BCUT2D eigenvalue weighted by Crippen LogP contribution is 2.17. The van der Waals surface area contributed by atoms with Gasteiger partial charge in [0.1, 0.15) is 0 Å². The van der Waals surface area contributed by atoms with Crippen molar-refractivity contribution in [3.8, 4) is 0 Å². The molecule has 0 atom stereocenters. The van der Waals surface area contributed by atoms with E-state index in [4.69, 9.17) is 4.74 Å². The second-order valence-corrected chi connectivity index (χ2v) is 6.27. The molecule has 6 heteroatoms. The maximum absolute atomic E-state index is 12.4. The van der Waals surface area contributed by atoms with Crippen LogP contribution >= 0.6 is 0 Å². The topological polar surface area (TPSA) is 72.7 Å². The van der Waals surface area contributed by atoms with Crippen LogP contribution in [0, 0.1) is 13.8 Å². The summed E-state index contributed by atoms with van der Waals surface area (Å²) in [6.45, 7) is 3.82. The summed E-state index contributed by atoms with van der Waals surface area (Å²) in [5, 5.41) is 0. The molecule has 28 heavy (non-hydrogen) atoms. The van der Waals surface area contributed by atoms with Gasteiger partial charge in [-0.2, -0.15) is 0 Å². The predicted molar refractivity (Wildman–Crippen MR) is 109 cm³/mol. The Balaban J connectivity index is 1.81. The van der Waals surface area contributed by atoms with Crippen LogP contribution in [0.5, 0.6) is 0 Å². The summed E-state index contributed by atoms with van der Waals surface area (Å²) >= 11 is 0. The number of amides is 1. The highest BCUT2D eigenvalue weighted by atomic mass is 16.5. The first kappa shape index (κ1) is 19.1. The predicted octanol–water partition coefficient (Wildman–Crippen LogP) is 4.03. The Labute approximate surface area is 163 Å². The minimum Gasteiger partial charge on any atom is -0.465 e. The van der Waals surface area contributed by atoms with Crippen LogP contribution in [-0.4, -0.2) is 29.9 Å². The molecule has 3 aromatic rings. The molecule has 0 saturated heterocycles. The molecule has 1 amide bonds. The van der Waals surface area contributed by atoms with E-state index >= 15 is 0 Å². The molecule has 0 aliphatic carbocycles. The molecule has 0 spiro atoms. The maximum atomic E-state index is 12.4. The summed E-state index contributed by atoms with van der Waals surface area (Å²) < 4.78 is 6.47. The highest BCUT2D eigenvalue weighted by Gasteiger charge is 2.12. The summed E-state index contributed by atoms with van der Waals surface area (Å²) in [6, 6.07) is 17.9. The van der Waals surface area contributed by atoms with Crippen LogP contribution in [0.3, 0.4) is 0 Å². The Bertz CT molecular complexity index is 1040. The Morgan fingerprint density at radius 3 is 2.43 bits per heavy atom. The van der Waals surface area contributed by atoms with Crippen molar-refractivity contribution in [3.05, 3.63) is 88.7 Å². The third-order valence-corrected chi connectivity index (χ3v) is 4.34. The van der Waals surface area contributed by atoms with E-state index in [1.54, 1.807) is 47.3 Å². The van der Waals surface area contributed by atoms with Crippen molar-refractivity contribution in [2.45, 2.75) is 13.8 Å². The highest BCUT2D eigenvalue weighted by molar-refractivity contribution is 6.00. The number of esters is 1. The summed E-state index contributed by atoms with van der Waals surface area (Å²) in [5.41, 5.74) is 7.18. The van der Waals surface area contributed by atoms with Gasteiger partial charge in [0.05, 0.1) is 18.4 Å². The molecule has 0 aliphatic heterocycles. The zero-order valence-corrected chi connectivity index (χ0v) is 16.0. The standard InChI is InChI=1S/C22H21N3O3/c1-15-12-19(14-23-20-11-7-10-18(13-20)22(27)28-3)16(2)25(15)24-21(26)17-8-5-4-6-9-17/h4-14H,1-3H3,(H,24,26). The number of aliphatic imine (C=N–C) groups is 1. The fourth-order valence-electron chi connectivity index (χ4n) is 2.82. The molecular formula is C22H21N3O3. The third kappa shape index (κ3) is 4.17. The van der Waals surface area contributed by atoms with Crippen LogP contribution < -0.4 is 5.43 Å². The van der Waals surface area contributed by atoms with Gasteiger partial charge in [0.2, 0.25) is 0 Å². The number of hydrogen-bond acceptors (Lipinski definition) is 4. The van der Waals surface area contributed by atoms with Gasteiger partial charge in [-0.05, 0) is 50.2 Å². The minimum atomic E-state index is -0.404. The van der Waals surface area contributed by atoms with Crippen molar-refractivity contribution in [2.75, 3.05) is 12.5 Å². The lowest BCUT2D eigenvalue weighted by Gasteiger charge is -2.11. The number of carbonyl (C=O) groups is 2. The number of benzene rings is 2. The largest absolute Gasteiger partial charge is 0.465 e. The number of methoxy groups -OCH3 is 1. The van der Waals surface area contributed by atoms with Crippen LogP contribution in [0.1, 0.15) is 37.7 Å². The van der Waals surface area contributed by atoms with Crippen molar-refractivity contribution in [1.82, 2.24) is 4.68 Å². The Morgan fingerprint density at radius 2 is 1.71 bits per heavy atom. The van der Waals surface area contributed by atoms with Crippen LogP contribution in [0.15, 0.2) is 65.7 Å².